The number of nitrogens with zero attached hydrogens (tertiary/aromatic N) is 1. The maximum atomic E-state index is 12.8. The molecule has 2 N–H and O–H groups in total. The van der Waals surface area contributed by atoms with Crippen LogP contribution in [-0.2, 0) is 19.1 Å². The number of likely N-dealkylation sites (N-methyl/N-ethyl adjacent to an activating group) is 1. The molecule has 3 rings (SSSR count). The van der Waals surface area contributed by atoms with Crippen LogP contribution >= 0.6 is 0 Å². The summed E-state index contributed by atoms with van der Waals surface area (Å²) in [5, 5.41) is 11.9. The molecular weight excluding hydrogens is 412 g/mol. The number of hydrogen-bond acceptors (Lipinski definition) is 5. The number of fused-ring (bicyclic) bond motifs is 3. The van der Waals surface area contributed by atoms with Crippen LogP contribution in [0.25, 0.3) is 11.1 Å². The van der Waals surface area contributed by atoms with Gasteiger partial charge in [-0.2, -0.15) is 0 Å². The number of rotatable bonds is 8. The van der Waals surface area contributed by atoms with Crippen LogP contribution < -0.4 is 5.32 Å². The molecule has 0 unspecified atom stereocenters. The molecule has 2 amide bonds. The lowest BCUT2D eigenvalue weighted by molar-refractivity contribution is -0.156. The van der Waals surface area contributed by atoms with Crippen molar-refractivity contribution in [2.75, 3.05) is 27.4 Å². The van der Waals surface area contributed by atoms with E-state index >= 15 is 0 Å². The minimum absolute atomic E-state index is 0.101. The number of aliphatic carboxylic acids is 1. The third kappa shape index (κ3) is 4.45. The van der Waals surface area contributed by atoms with Crippen LogP contribution in [0.5, 0.6) is 0 Å². The van der Waals surface area contributed by atoms with Gasteiger partial charge < -0.3 is 24.8 Å². The molecule has 8 heteroatoms. The highest BCUT2D eigenvalue weighted by Gasteiger charge is 2.38. The minimum atomic E-state index is -1.45. The van der Waals surface area contributed by atoms with Crippen LogP contribution in [0.2, 0.25) is 0 Å². The fourth-order valence-corrected chi connectivity index (χ4v) is 3.78. The number of ether oxygens (including phenoxy) is 2. The number of nitrogens with one attached hydrogen (secondary N) is 1. The second-order valence-corrected chi connectivity index (χ2v) is 8.24. The van der Waals surface area contributed by atoms with Gasteiger partial charge in [-0.05, 0) is 36.1 Å². The molecule has 1 aliphatic carbocycles. The van der Waals surface area contributed by atoms with Crippen LogP contribution in [0.4, 0.5) is 4.79 Å². The molecule has 0 heterocycles. The van der Waals surface area contributed by atoms with Gasteiger partial charge in [0, 0.05) is 20.1 Å². The zero-order valence-corrected chi connectivity index (χ0v) is 18.6. The molecule has 2 aromatic carbocycles. The van der Waals surface area contributed by atoms with Gasteiger partial charge in [0.25, 0.3) is 0 Å². The van der Waals surface area contributed by atoms with E-state index in [-0.39, 0.29) is 19.1 Å². The van der Waals surface area contributed by atoms with E-state index in [1.54, 1.807) is 0 Å². The average Bonchev–Trinajstić information content (AvgIpc) is 3.10. The average molecular weight is 440 g/mol. The Morgan fingerprint density at radius 3 is 2.09 bits per heavy atom. The molecule has 0 aliphatic heterocycles. The number of carboxylic acid groups (broad SMARTS) is 1. The number of carboxylic acids is 1. The predicted octanol–water partition coefficient (Wildman–Crippen LogP) is 2.86. The molecular formula is C24H28N2O6. The van der Waals surface area contributed by atoms with Crippen molar-refractivity contribution in [2.24, 2.45) is 0 Å². The van der Waals surface area contributed by atoms with Gasteiger partial charge in [0.1, 0.15) is 18.2 Å². The van der Waals surface area contributed by atoms with E-state index in [0.717, 1.165) is 27.2 Å². The monoisotopic (exact) mass is 440 g/mol. The van der Waals surface area contributed by atoms with Crippen molar-refractivity contribution in [2.45, 2.75) is 31.3 Å². The summed E-state index contributed by atoms with van der Waals surface area (Å²) in [7, 11) is 2.76. The predicted molar refractivity (Wildman–Crippen MR) is 118 cm³/mol. The van der Waals surface area contributed by atoms with E-state index in [2.05, 4.69) is 5.32 Å². The maximum absolute atomic E-state index is 12.8. The molecule has 0 aromatic heterocycles. The van der Waals surface area contributed by atoms with Crippen LogP contribution in [0.3, 0.4) is 0 Å². The standard InChI is InChI=1S/C24H28N2O6/c1-24(2,22(28)29)26(3)21(27)20(14-31-4)25-23(30)32-13-19-17-11-7-5-9-15(17)16-10-6-8-12-18(16)19/h5-12,19-20H,13-14H2,1-4H3,(H,25,30)(H,28,29)/t20-/m0/s1. The number of alkyl carbamates (subject to hydrolysis) is 1. The minimum Gasteiger partial charge on any atom is -0.480 e. The Hall–Kier alpha value is -3.39. The van der Waals surface area contributed by atoms with Crippen molar-refractivity contribution in [1.82, 2.24) is 10.2 Å². The zero-order valence-electron chi connectivity index (χ0n) is 18.6. The molecule has 2 aromatic rings. The number of carbonyl (C=O) groups is 3. The second kappa shape index (κ2) is 9.40. The van der Waals surface area contributed by atoms with Crippen molar-refractivity contribution in [3.05, 3.63) is 59.7 Å². The normalized spacial score (nSPS) is 13.6. The molecule has 0 saturated heterocycles. The maximum Gasteiger partial charge on any atom is 0.407 e. The molecule has 0 saturated carbocycles. The highest BCUT2D eigenvalue weighted by molar-refractivity contribution is 5.91. The smallest absolute Gasteiger partial charge is 0.407 e. The first-order valence-corrected chi connectivity index (χ1v) is 10.3. The molecule has 0 spiro atoms. The first-order chi connectivity index (χ1) is 15.2. The van der Waals surface area contributed by atoms with Crippen LogP contribution in [0.15, 0.2) is 48.5 Å². The molecule has 170 valence electrons. The molecule has 0 bridgehead atoms. The van der Waals surface area contributed by atoms with Crippen molar-refractivity contribution >= 4 is 18.0 Å². The van der Waals surface area contributed by atoms with Crippen molar-refractivity contribution in [3.8, 4) is 11.1 Å². The van der Waals surface area contributed by atoms with E-state index in [0.29, 0.717) is 0 Å². The van der Waals surface area contributed by atoms with E-state index in [1.807, 2.05) is 48.5 Å². The Labute approximate surface area is 187 Å². The summed E-state index contributed by atoms with van der Waals surface area (Å²) in [6.07, 6.45) is -0.774. The fraction of sp³-hybridized carbons (Fsp3) is 0.375. The summed E-state index contributed by atoms with van der Waals surface area (Å²) in [6, 6.07) is 14.9. The zero-order chi connectivity index (χ0) is 23.5. The summed E-state index contributed by atoms with van der Waals surface area (Å²) in [4.78, 5) is 37.9. The number of amides is 2. The van der Waals surface area contributed by atoms with Gasteiger partial charge in [-0.25, -0.2) is 9.59 Å². The number of carbonyl (C=O) groups excluding carboxylic acids is 2. The van der Waals surface area contributed by atoms with Gasteiger partial charge in [0.2, 0.25) is 5.91 Å². The molecule has 1 aliphatic rings. The molecule has 0 radical (unpaired) electrons. The fourth-order valence-electron chi connectivity index (χ4n) is 3.78. The Morgan fingerprint density at radius 2 is 1.59 bits per heavy atom. The Balaban J connectivity index is 1.69. The van der Waals surface area contributed by atoms with Gasteiger partial charge >= 0.3 is 12.1 Å². The van der Waals surface area contributed by atoms with E-state index < -0.39 is 29.6 Å². The lowest BCUT2D eigenvalue weighted by atomic mass is 9.98. The third-order valence-corrected chi connectivity index (χ3v) is 5.96. The Kier molecular flexibility index (Phi) is 6.84. The van der Waals surface area contributed by atoms with Crippen LogP contribution in [-0.4, -0.2) is 66.9 Å². The van der Waals surface area contributed by atoms with Gasteiger partial charge in [-0.1, -0.05) is 48.5 Å². The van der Waals surface area contributed by atoms with Crippen molar-refractivity contribution in [1.29, 1.82) is 0 Å². The topological polar surface area (TPSA) is 105 Å². The number of benzene rings is 2. The highest BCUT2D eigenvalue weighted by Crippen LogP contribution is 2.44. The lowest BCUT2D eigenvalue weighted by Gasteiger charge is -2.34. The van der Waals surface area contributed by atoms with Gasteiger partial charge in [-0.3, -0.25) is 4.79 Å². The van der Waals surface area contributed by atoms with Crippen LogP contribution in [0.1, 0.15) is 30.9 Å². The molecule has 0 fully saturated rings. The quantitative estimate of drug-likeness (QED) is 0.654. The Morgan fingerprint density at radius 1 is 1.06 bits per heavy atom. The first-order valence-electron chi connectivity index (χ1n) is 10.3. The first kappa shape index (κ1) is 23.3. The van der Waals surface area contributed by atoms with Crippen LogP contribution in [0, 0.1) is 0 Å². The summed E-state index contributed by atoms with van der Waals surface area (Å²) < 4.78 is 10.5. The number of hydrogen-bond donors (Lipinski definition) is 2. The van der Waals surface area contributed by atoms with Gasteiger partial charge in [-0.15, -0.1) is 0 Å². The summed E-state index contributed by atoms with van der Waals surface area (Å²) in [6.45, 7) is 2.79. The van der Waals surface area contributed by atoms with Crippen molar-refractivity contribution in [3.63, 3.8) is 0 Å². The van der Waals surface area contributed by atoms with E-state index in [9.17, 15) is 19.5 Å². The summed E-state index contributed by atoms with van der Waals surface area (Å²) >= 11 is 0. The summed E-state index contributed by atoms with van der Waals surface area (Å²) in [5.41, 5.74) is 2.93. The number of methoxy groups -OCH3 is 1. The molecule has 1 atom stereocenters. The SMILES string of the molecule is COC[C@H](NC(=O)OCC1c2ccccc2-c2ccccc21)C(=O)N(C)C(C)(C)C(=O)O. The molecule has 32 heavy (non-hydrogen) atoms. The second-order valence-electron chi connectivity index (χ2n) is 8.24. The van der Waals surface area contributed by atoms with E-state index in [1.165, 1.54) is 28.0 Å². The van der Waals surface area contributed by atoms with Gasteiger partial charge in [0.05, 0.1) is 6.61 Å². The van der Waals surface area contributed by atoms with Gasteiger partial charge in [0.15, 0.2) is 0 Å². The molecule has 8 nitrogen and oxygen atoms in total. The third-order valence-electron chi connectivity index (χ3n) is 5.96. The van der Waals surface area contributed by atoms with Crippen molar-refractivity contribution < 1.29 is 29.0 Å². The largest absolute Gasteiger partial charge is 0.480 e. The highest BCUT2D eigenvalue weighted by atomic mass is 16.5. The summed E-state index contributed by atoms with van der Waals surface area (Å²) in [5.74, 6) is -1.86. The lowest BCUT2D eigenvalue weighted by Crippen LogP contribution is -2.58. The Bertz CT molecular complexity index is 974. The van der Waals surface area contributed by atoms with E-state index in [4.69, 9.17) is 9.47 Å².